The monoisotopic (exact) mass is 211 g/mol. The lowest BCUT2D eigenvalue weighted by molar-refractivity contribution is -0.159. The third-order valence-electron chi connectivity index (χ3n) is 2.81. The van der Waals surface area contributed by atoms with Gasteiger partial charge in [0.1, 0.15) is 11.6 Å². The molecule has 1 heterocycles. The SMILES string of the molecule is CC(C)(C)OC(=O)C1C[C@H]2C[C@H]2C(=O)N1. The van der Waals surface area contributed by atoms with Gasteiger partial charge in [-0.2, -0.15) is 0 Å². The normalized spacial score (nSPS) is 34.1. The van der Waals surface area contributed by atoms with Crippen LogP contribution >= 0.6 is 0 Å². The number of ether oxygens (including phenoxy) is 1. The van der Waals surface area contributed by atoms with E-state index < -0.39 is 11.6 Å². The highest BCUT2D eigenvalue weighted by Crippen LogP contribution is 2.45. The molecule has 1 N–H and O–H groups in total. The molecule has 2 aliphatic rings. The summed E-state index contributed by atoms with van der Waals surface area (Å²) in [6.07, 6.45) is 1.68. The van der Waals surface area contributed by atoms with Crippen molar-refractivity contribution in [2.45, 2.75) is 45.3 Å². The molecule has 2 fully saturated rings. The average Bonchev–Trinajstić information content (AvgIpc) is 2.79. The maximum atomic E-state index is 11.7. The lowest BCUT2D eigenvalue weighted by atomic mass is 10.0. The zero-order valence-electron chi connectivity index (χ0n) is 9.37. The van der Waals surface area contributed by atoms with Gasteiger partial charge >= 0.3 is 5.97 Å². The van der Waals surface area contributed by atoms with Gasteiger partial charge in [-0.15, -0.1) is 0 Å². The molecule has 0 spiro atoms. The molecule has 1 saturated heterocycles. The topological polar surface area (TPSA) is 55.4 Å². The Kier molecular flexibility index (Phi) is 2.24. The molecule has 0 radical (unpaired) electrons. The molecule has 1 aliphatic carbocycles. The number of esters is 1. The molecular weight excluding hydrogens is 194 g/mol. The van der Waals surface area contributed by atoms with Gasteiger partial charge in [0.15, 0.2) is 0 Å². The third-order valence-corrected chi connectivity index (χ3v) is 2.81. The summed E-state index contributed by atoms with van der Waals surface area (Å²) >= 11 is 0. The highest BCUT2D eigenvalue weighted by molar-refractivity contribution is 5.89. The summed E-state index contributed by atoms with van der Waals surface area (Å²) in [4.78, 5) is 23.1. The quantitative estimate of drug-likeness (QED) is 0.654. The number of carbonyl (C=O) groups is 2. The molecule has 0 aromatic carbocycles. The Labute approximate surface area is 89.4 Å². The summed E-state index contributed by atoms with van der Waals surface area (Å²) in [7, 11) is 0. The zero-order valence-corrected chi connectivity index (χ0v) is 9.37. The van der Waals surface area contributed by atoms with Crippen LogP contribution in [-0.2, 0) is 14.3 Å². The van der Waals surface area contributed by atoms with E-state index in [9.17, 15) is 9.59 Å². The van der Waals surface area contributed by atoms with Crippen LogP contribution in [0.2, 0.25) is 0 Å². The largest absolute Gasteiger partial charge is 0.458 e. The van der Waals surface area contributed by atoms with E-state index in [0.717, 1.165) is 12.8 Å². The number of nitrogens with one attached hydrogen (secondary N) is 1. The minimum absolute atomic E-state index is 0.0158. The lowest BCUT2D eigenvalue weighted by Gasteiger charge is -2.26. The lowest BCUT2D eigenvalue weighted by Crippen LogP contribution is -2.47. The standard InChI is InChI=1S/C11H17NO3/c1-11(2,3)15-10(14)8-5-6-4-7(6)9(13)12-8/h6-8H,4-5H2,1-3H3,(H,12,13)/t6-,7-,8?/m1/s1. The summed E-state index contributed by atoms with van der Waals surface area (Å²) in [5.41, 5.74) is -0.484. The Morgan fingerprint density at radius 1 is 1.40 bits per heavy atom. The first-order valence-corrected chi connectivity index (χ1v) is 5.40. The maximum Gasteiger partial charge on any atom is 0.329 e. The van der Waals surface area contributed by atoms with E-state index >= 15 is 0 Å². The molecule has 1 amide bonds. The average molecular weight is 211 g/mol. The van der Waals surface area contributed by atoms with E-state index in [0.29, 0.717) is 5.92 Å². The van der Waals surface area contributed by atoms with Gasteiger partial charge in [-0.1, -0.05) is 0 Å². The Hall–Kier alpha value is -1.06. The van der Waals surface area contributed by atoms with Crippen molar-refractivity contribution in [2.75, 3.05) is 0 Å². The predicted molar refractivity (Wildman–Crippen MR) is 54.0 cm³/mol. The van der Waals surface area contributed by atoms with Crippen LogP contribution in [0, 0.1) is 11.8 Å². The minimum Gasteiger partial charge on any atom is -0.458 e. The van der Waals surface area contributed by atoms with Crippen molar-refractivity contribution in [2.24, 2.45) is 11.8 Å². The van der Waals surface area contributed by atoms with Gasteiger partial charge in [0.2, 0.25) is 5.91 Å². The molecule has 1 saturated carbocycles. The van der Waals surface area contributed by atoms with Crippen LogP contribution in [0.15, 0.2) is 0 Å². The maximum absolute atomic E-state index is 11.7. The van der Waals surface area contributed by atoms with Gasteiger partial charge in [0.05, 0.1) is 0 Å². The van der Waals surface area contributed by atoms with Gasteiger partial charge in [-0.05, 0) is 39.5 Å². The summed E-state index contributed by atoms with van der Waals surface area (Å²) in [5.74, 6) is 0.295. The molecule has 1 unspecified atom stereocenters. The molecule has 84 valence electrons. The molecule has 15 heavy (non-hydrogen) atoms. The van der Waals surface area contributed by atoms with Crippen LogP contribution in [0.4, 0.5) is 0 Å². The van der Waals surface area contributed by atoms with Gasteiger partial charge in [0, 0.05) is 5.92 Å². The van der Waals surface area contributed by atoms with Crippen LogP contribution in [-0.4, -0.2) is 23.5 Å². The zero-order chi connectivity index (χ0) is 11.2. The van der Waals surface area contributed by atoms with Crippen molar-refractivity contribution in [3.63, 3.8) is 0 Å². The number of fused-ring (bicyclic) bond motifs is 1. The molecule has 4 heteroatoms. The molecule has 0 aromatic rings. The second kappa shape index (κ2) is 3.22. The summed E-state index contributed by atoms with van der Waals surface area (Å²) in [5, 5.41) is 2.72. The summed E-state index contributed by atoms with van der Waals surface area (Å²) in [6.45, 7) is 5.49. The van der Waals surface area contributed by atoms with E-state index in [1.165, 1.54) is 0 Å². The number of piperidine rings is 1. The van der Waals surface area contributed by atoms with Crippen LogP contribution in [0.3, 0.4) is 0 Å². The predicted octanol–water partition coefficient (Wildman–Crippen LogP) is 0.853. The molecule has 0 bridgehead atoms. The van der Waals surface area contributed by atoms with Crippen molar-refractivity contribution in [3.8, 4) is 0 Å². The highest BCUT2D eigenvalue weighted by Gasteiger charge is 2.50. The van der Waals surface area contributed by atoms with Gasteiger partial charge < -0.3 is 10.1 Å². The highest BCUT2D eigenvalue weighted by atomic mass is 16.6. The molecule has 0 aromatic heterocycles. The van der Waals surface area contributed by atoms with Gasteiger partial charge in [-0.3, -0.25) is 4.79 Å². The molecule has 4 nitrogen and oxygen atoms in total. The Morgan fingerprint density at radius 2 is 2.07 bits per heavy atom. The van der Waals surface area contributed by atoms with Crippen molar-refractivity contribution in [3.05, 3.63) is 0 Å². The van der Waals surface area contributed by atoms with E-state index in [-0.39, 0.29) is 17.8 Å². The Balaban J connectivity index is 1.93. The first-order valence-electron chi connectivity index (χ1n) is 5.40. The van der Waals surface area contributed by atoms with E-state index in [4.69, 9.17) is 4.74 Å². The van der Waals surface area contributed by atoms with Crippen LogP contribution in [0.1, 0.15) is 33.6 Å². The fraction of sp³-hybridized carbons (Fsp3) is 0.818. The van der Waals surface area contributed by atoms with Gasteiger partial charge in [-0.25, -0.2) is 4.79 Å². The number of hydrogen-bond donors (Lipinski definition) is 1. The molecule has 3 atom stereocenters. The second-order valence-electron chi connectivity index (χ2n) is 5.43. The smallest absolute Gasteiger partial charge is 0.329 e. The first kappa shape index (κ1) is 10.5. The fourth-order valence-corrected chi connectivity index (χ4v) is 2.00. The Morgan fingerprint density at radius 3 is 2.60 bits per heavy atom. The molecule has 1 aliphatic heterocycles. The summed E-state index contributed by atoms with van der Waals surface area (Å²) in [6, 6.07) is -0.430. The van der Waals surface area contributed by atoms with Crippen molar-refractivity contribution >= 4 is 11.9 Å². The van der Waals surface area contributed by atoms with E-state index in [2.05, 4.69) is 5.32 Å². The number of carbonyl (C=O) groups excluding carboxylic acids is 2. The van der Waals surface area contributed by atoms with Crippen molar-refractivity contribution in [1.82, 2.24) is 5.32 Å². The summed E-state index contributed by atoms with van der Waals surface area (Å²) < 4.78 is 5.24. The van der Waals surface area contributed by atoms with Gasteiger partial charge in [0.25, 0.3) is 0 Å². The van der Waals surface area contributed by atoms with Crippen molar-refractivity contribution < 1.29 is 14.3 Å². The fourth-order valence-electron chi connectivity index (χ4n) is 2.00. The second-order valence-corrected chi connectivity index (χ2v) is 5.43. The van der Waals surface area contributed by atoms with Crippen LogP contribution in [0.5, 0.6) is 0 Å². The van der Waals surface area contributed by atoms with Crippen LogP contribution in [0.25, 0.3) is 0 Å². The molecule has 2 rings (SSSR count). The number of hydrogen-bond acceptors (Lipinski definition) is 3. The first-order chi connectivity index (χ1) is 6.87. The van der Waals surface area contributed by atoms with E-state index in [1.807, 2.05) is 20.8 Å². The number of amides is 1. The third kappa shape index (κ3) is 2.30. The Bertz CT molecular complexity index is 305. The van der Waals surface area contributed by atoms with E-state index in [1.54, 1.807) is 0 Å². The minimum atomic E-state index is -0.484. The van der Waals surface area contributed by atoms with Crippen molar-refractivity contribution in [1.29, 1.82) is 0 Å². The molecular formula is C11H17NO3. The van der Waals surface area contributed by atoms with Crippen LogP contribution < -0.4 is 5.32 Å². The number of rotatable bonds is 1.